The zero-order valence-corrected chi connectivity index (χ0v) is 13.0. The molecule has 1 aliphatic rings. The van der Waals surface area contributed by atoms with Gasteiger partial charge in [0.2, 0.25) is 0 Å². The smallest absolute Gasteiger partial charge is 0.0705 e. The zero-order valence-electron chi connectivity index (χ0n) is 13.0. The van der Waals surface area contributed by atoms with Crippen LogP contribution in [0.25, 0.3) is 10.9 Å². The Morgan fingerprint density at radius 3 is 2.95 bits per heavy atom. The van der Waals surface area contributed by atoms with E-state index in [1.165, 1.54) is 17.5 Å². The third kappa shape index (κ3) is 3.80. The summed E-state index contributed by atoms with van der Waals surface area (Å²) in [5.74, 6) is 0.751. The van der Waals surface area contributed by atoms with Gasteiger partial charge in [0.05, 0.1) is 11.2 Å². The highest BCUT2D eigenvalue weighted by molar-refractivity contribution is 5.78. The third-order valence-corrected chi connectivity index (χ3v) is 4.14. The Morgan fingerprint density at radius 1 is 1.24 bits per heavy atom. The predicted molar refractivity (Wildman–Crippen MR) is 88.3 cm³/mol. The minimum atomic E-state index is 0.624. The monoisotopic (exact) mass is 283 g/mol. The van der Waals surface area contributed by atoms with Gasteiger partial charge in [-0.05, 0) is 24.5 Å². The number of hydrogen-bond acceptors (Lipinski definition) is 3. The fourth-order valence-electron chi connectivity index (χ4n) is 3.19. The van der Waals surface area contributed by atoms with Crippen LogP contribution in [0.3, 0.4) is 0 Å². The Kier molecular flexibility index (Phi) is 4.51. The Morgan fingerprint density at radius 2 is 2.10 bits per heavy atom. The second-order valence-corrected chi connectivity index (χ2v) is 6.51. The van der Waals surface area contributed by atoms with Gasteiger partial charge in [0.15, 0.2) is 0 Å². The summed E-state index contributed by atoms with van der Waals surface area (Å²) in [5, 5.41) is 4.86. The van der Waals surface area contributed by atoms with E-state index in [-0.39, 0.29) is 0 Å². The molecular formula is C18H25N3. The molecule has 1 fully saturated rings. The normalized spacial score (nSPS) is 20.2. The van der Waals surface area contributed by atoms with Crippen LogP contribution in [0, 0.1) is 5.92 Å². The van der Waals surface area contributed by atoms with Crippen LogP contribution in [0.2, 0.25) is 0 Å². The fraction of sp³-hybridized carbons (Fsp3) is 0.500. The Hall–Kier alpha value is -1.45. The number of piperazine rings is 1. The first kappa shape index (κ1) is 14.5. The van der Waals surface area contributed by atoms with E-state index in [1.807, 2.05) is 0 Å². The molecule has 21 heavy (non-hydrogen) atoms. The van der Waals surface area contributed by atoms with Crippen molar-refractivity contribution in [3.63, 3.8) is 0 Å². The maximum absolute atomic E-state index is 4.79. The van der Waals surface area contributed by atoms with E-state index in [2.05, 4.69) is 60.5 Å². The number of rotatable bonds is 4. The van der Waals surface area contributed by atoms with Gasteiger partial charge < -0.3 is 5.32 Å². The van der Waals surface area contributed by atoms with E-state index in [9.17, 15) is 0 Å². The molecule has 1 aliphatic heterocycles. The van der Waals surface area contributed by atoms with Gasteiger partial charge in [-0.2, -0.15) is 0 Å². The van der Waals surface area contributed by atoms with Crippen molar-refractivity contribution in [1.29, 1.82) is 0 Å². The molecule has 3 heteroatoms. The van der Waals surface area contributed by atoms with Crippen molar-refractivity contribution in [2.75, 3.05) is 19.6 Å². The van der Waals surface area contributed by atoms with Gasteiger partial charge in [-0.25, -0.2) is 0 Å². The minimum absolute atomic E-state index is 0.624. The summed E-state index contributed by atoms with van der Waals surface area (Å²) in [6.45, 7) is 8.89. The van der Waals surface area contributed by atoms with Crippen molar-refractivity contribution in [3.05, 3.63) is 42.1 Å². The zero-order chi connectivity index (χ0) is 14.7. The quantitative estimate of drug-likeness (QED) is 0.935. The van der Waals surface area contributed by atoms with Crippen LogP contribution in [-0.2, 0) is 6.54 Å². The van der Waals surface area contributed by atoms with Gasteiger partial charge >= 0.3 is 0 Å². The lowest BCUT2D eigenvalue weighted by atomic mass is 10.0. The van der Waals surface area contributed by atoms with Gasteiger partial charge in [-0.1, -0.05) is 38.1 Å². The number of fused-ring (bicyclic) bond motifs is 1. The first-order valence-electron chi connectivity index (χ1n) is 8.01. The SMILES string of the molecule is CC(C)CC1CN(Cc2ccc3ccccc3n2)CCN1. The molecule has 0 bridgehead atoms. The molecular weight excluding hydrogens is 258 g/mol. The fourth-order valence-corrected chi connectivity index (χ4v) is 3.19. The summed E-state index contributed by atoms with van der Waals surface area (Å²) < 4.78 is 0. The molecule has 1 aromatic heterocycles. The molecule has 0 aliphatic carbocycles. The summed E-state index contributed by atoms with van der Waals surface area (Å²) in [7, 11) is 0. The molecule has 0 spiro atoms. The molecule has 1 saturated heterocycles. The Bertz CT molecular complexity index is 594. The number of nitrogens with zero attached hydrogens (tertiary/aromatic N) is 2. The standard InChI is InChI=1S/C18H25N3/c1-14(2)11-17-13-21(10-9-19-17)12-16-8-7-15-5-3-4-6-18(15)20-16/h3-8,14,17,19H,9-13H2,1-2H3. The maximum Gasteiger partial charge on any atom is 0.0705 e. The van der Waals surface area contributed by atoms with Crippen molar-refractivity contribution in [3.8, 4) is 0 Å². The Labute approximate surface area is 127 Å². The molecule has 3 rings (SSSR count). The highest BCUT2D eigenvalue weighted by Crippen LogP contribution is 2.15. The van der Waals surface area contributed by atoms with Crippen molar-refractivity contribution >= 4 is 10.9 Å². The van der Waals surface area contributed by atoms with Gasteiger partial charge in [-0.15, -0.1) is 0 Å². The summed E-state index contributed by atoms with van der Waals surface area (Å²) >= 11 is 0. The number of hydrogen-bond donors (Lipinski definition) is 1. The molecule has 2 heterocycles. The highest BCUT2D eigenvalue weighted by Gasteiger charge is 2.20. The van der Waals surface area contributed by atoms with E-state index in [0.717, 1.165) is 37.6 Å². The first-order chi connectivity index (χ1) is 10.2. The van der Waals surface area contributed by atoms with Crippen LogP contribution in [0.15, 0.2) is 36.4 Å². The van der Waals surface area contributed by atoms with Crippen LogP contribution in [-0.4, -0.2) is 35.6 Å². The second-order valence-electron chi connectivity index (χ2n) is 6.51. The van der Waals surface area contributed by atoms with Crippen LogP contribution in [0.5, 0.6) is 0 Å². The number of benzene rings is 1. The van der Waals surface area contributed by atoms with Gasteiger partial charge in [0, 0.05) is 37.6 Å². The van der Waals surface area contributed by atoms with E-state index < -0.39 is 0 Å². The average Bonchev–Trinajstić information content (AvgIpc) is 2.47. The molecule has 0 radical (unpaired) electrons. The summed E-state index contributed by atoms with van der Waals surface area (Å²) in [4.78, 5) is 7.32. The topological polar surface area (TPSA) is 28.2 Å². The minimum Gasteiger partial charge on any atom is -0.311 e. The average molecular weight is 283 g/mol. The molecule has 112 valence electrons. The molecule has 0 saturated carbocycles. The van der Waals surface area contributed by atoms with Crippen LogP contribution in [0.1, 0.15) is 26.0 Å². The molecule has 3 nitrogen and oxygen atoms in total. The van der Waals surface area contributed by atoms with Crippen molar-refractivity contribution < 1.29 is 0 Å². The molecule has 1 aromatic carbocycles. The van der Waals surface area contributed by atoms with Crippen LogP contribution in [0.4, 0.5) is 0 Å². The van der Waals surface area contributed by atoms with E-state index in [0.29, 0.717) is 6.04 Å². The lowest BCUT2D eigenvalue weighted by Gasteiger charge is -2.34. The van der Waals surface area contributed by atoms with Crippen molar-refractivity contribution in [2.24, 2.45) is 5.92 Å². The number of aromatic nitrogens is 1. The van der Waals surface area contributed by atoms with Crippen molar-refractivity contribution in [2.45, 2.75) is 32.9 Å². The predicted octanol–water partition coefficient (Wildman–Crippen LogP) is 3.05. The largest absolute Gasteiger partial charge is 0.311 e. The second kappa shape index (κ2) is 6.54. The lowest BCUT2D eigenvalue weighted by molar-refractivity contribution is 0.178. The summed E-state index contributed by atoms with van der Waals surface area (Å²) in [6, 6.07) is 13.3. The van der Waals surface area contributed by atoms with Gasteiger partial charge in [0.25, 0.3) is 0 Å². The number of pyridine rings is 1. The Balaban J connectivity index is 1.66. The van der Waals surface area contributed by atoms with Crippen LogP contribution < -0.4 is 5.32 Å². The summed E-state index contributed by atoms with van der Waals surface area (Å²) in [5.41, 5.74) is 2.28. The maximum atomic E-state index is 4.79. The lowest BCUT2D eigenvalue weighted by Crippen LogP contribution is -2.50. The number of para-hydroxylation sites is 1. The van der Waals surface area contributed by atoms with E-state index in [1.54, 1.807) is 0 Å². The van der Waals surface area contributed by atoms with Crippen LogP contribution >= 0.6 is 0 Å². The van der Waals surface area contributed by atoms with Gasteiger partial charge in [0.1, 0.15) is 0 Å². The first-order valence-corrected chi connectivity index (χ1v) is 8.01. The molecule has 2 aromatic rings. The highest BCUT2D eigenvalue weighted by atomic mass is 15.2. The third-order valence-electron chi connectivity index (χ3n) is 4.14. The molecule has 1 N–H and O–H groups in total. The molecule has 0 amide bonds. The van der Waals surface area contributed by atoms with Crippen molar-refractivity contribution in [1.82, 2.24) is 15.2 Å². The molecule has 1 unspecified atom stereocenters. The molecule has 1 atom stereocenters. The summed E-state index contributed by atoms with van der Waals surface area (Å²) in [6.07, 6.45) is 1.25. The van der Waals surface area contributed by atoms with Gasteiger partial charge in [-0.3, -0.25) is 9.88 Å². The van der Waals surface area contributed by atoms with E-state index in [4.69, 9.17) is 4.98 Å². The van der Waals surface area contributed by atoms with E-state index >= 15 is 0 Å². The number of nitrogens with one attached hydrogen (secondary N) is 1.